The van der Waals surface area contributed by atoms with Crippen molar-refractivity contribution in [3.8, 4) is 5.75 Å². The second-order valence-electron chi connectivity index (χ2n) is 6.63. The van der Waals surface area contributed by atoms with Crippen LogP contribution in [0.1, 0.15) is 33.3 Å². The molecule has 1 atom stereocenters. The van der Waals surface area contributed by atoms with Crippen LogP contribution in [0.15, 0.2) is 57.5 Å². The molecule has 0 radical (unpaired) electrons. The van der Waals surface area contributed by atoms with E-state index in [1.807, 2.05) is 45.9 Å². The third-order valence-electron chi connectivity index (χ3n) is 4.54. The summed E-state index contributed by atoms with van der Waals surface area (Å²) in [6.07, 6.45) is 2.31. The molecule has 0 amide bonds. The van der Waals surface area contributed by atoms with E-state index in [0.29, 0.717) is 17.8 Å². The van der Waals surface area contributed by atoms with Crippen molar-refractivity contribution < 1.29 is 13.9 Å². The Morgan fingerprint density at radius 3 is 2.75 bits per heavy atom. The first-order chi connectivity index (χ1) is 11.3. The first kappa shape index (κ1) is 16.4. The molecule has 24 heavy (non-hydrogen) atoms. The van der Waals surface area contributed by atoms with Gasteiger partial charge in [0.05, 0.1) is 0 Å². The van der Waals surface area contributed by atoms with E-state index in [1.54, 1.807) is 6.07 Å². The summed E-state index contributed by atoms with van der Waals surface area (Å²) in [4.78, 5) is 11.6. The second kappa shape index (κ2) is 5.86. The Morgan fingerprint density at radius 1 is 1.33 bits per heavy atom. The first-order valence-electron chi connectivity index (χ1n) is 8.05. The van der Waals surface area contributed by atoms with Gasteiger partial charge in [-0.1, -0.05) is 12.7 Å². The summed E-state index contributed by atoms with van der Waals surface area (Å²) in [7, 11) is 0. The highest BCUT2D eigenvalue weighted by atomic mass is 16.6. The molecule has 2 heterocycles. The van der Waals surface area contributed by atoms with Crippen LogP contribution in [0.3, 0.4) is 0 Å². The molecule has 0 saturated heterocycles. The van der Waals surface area contributed by atoms with E-state index in [-0.39, 0.29) is 11.7 Å². The maximum Gasteiger partial charge on any atom is 0.336 e. The molecular weight excluding hydrogens is 304 g/mol. The molecule has 1 unspecified atom stereocenters. The summed E-state index contributed by atoms with van der Waals surface area (Å²) in [5, 5.41) is 0.874. The Bertz CT molecular complexity index is 886. The van der Waals surface area contributed by atoms with E-state index in [1.165, 1.54) is 6.07 Å². The molecule has 0 spiro atoms. The van der Waals surface area contributed by atoms with Gasteiger partial charge in [-0.2, -0.15) is 0 Å². The highest BCUT2D eigenvalue weighted by Crippen LogP contribution is 2.39. The normalized spacial score (nSPS) is 19.5. The van der Waals surface area contributed by atoms with E-state index in [0.717, 1.165) is 22.3 Å². The molecule has 1 aliphatic heterocycles. The number of ether oxygens (including phenoxy) is 2. The van der Waals surface area contributed by atoms with E-state index in [9.17, 15) is 4.79 Å². The fourth-order valence-electron chi connectivity index (χ4n) is 2.85. The van der Waals surface area contributed by atoms with Gasteiger partial charge >= 0.3 is 5.63 Å². The zero-order valence-electron chi connectivity index (χ0n) is 14.5. The molecule has 0 aliphatic carbocycles. The third-order valence-corrected chi connectivity index (χ3v) is 4.54. The van der Waals surface area contributed by atoms with E-state index in [4.69, 9.17) is 13.9 Å². The molecule has 0 N–H and O–H groups in total. The fourth-order valence-corrected chi connectivity index (χ4v) is 2.85. The van der Waals surface area contributed by atoms with Crippen LogP contribution in [0.5, 0.6) is 5.75 Å². The SMILES string of the molecule is C=C(OC1Cc2c(ccc3ccc(=O)oc23)OC1(C)C)C(C)=CC. The molecule has 4 nitrogen and oxygen atoms in total. The van der Waals surface area contributed by atoms with Gasteiger partial charge in [0, 0.05) is 23.4 Å². The van der Waals surface area contributed by atoms with Gasteiger partial charge in [-0.15, -0.1) is 0 Å². The molecule has 4 heteroatoms. The van der Waals surface area contributed by atoms with Crippen LogP contribution in [0.25, 0.3) is 11.0 Å². The van der Waals surface area contributed by atoms with Crippen molar-refractivity contribution in [1.29, 1.82) is 0 Å². The zero-order chi connectivity index (χ0) is 17.5. The van der Waals surface area contributed by atoms with Gasteiger partial charge in [-0.3, -0.25) is 0 Å². The predicted octanol–water partition coefficient (Wildman–Crippen LogP) is 4.37. The molecule has 0 bridgehead atoms. The molecular formula is C20H22O4. The Kier molecular flexibility index (Phi) is 3.99. The van der Waals surface area contributed by atoms with Crippen LogP contribution in [0.4, 0.5) is 0 Å². The van der Waals surface area contributed by atoms with Gasteiger partial charge in [-0.05, 0) is 51.5 Å². The number of rotatable bonds is 3. The van der Waals surface area contributed by atoms with Gasteiger partial charge in [0.25, 0.3) is 0 Å². The quantitative estimate of drug-likeness (QED) is 0.477. The minimum atomic E-state index is -0.521. The monoisotopic (exact) mass is 326 g/mol. The van der Waals surface area contributed by atoms with Crippen LogP contribution in [0, 0.1) is 0 Å². The van der Waals surface area contributed by atoms with Gasteiger partial charge in [0.1, 0.15) is 28.8 Å². The van der Waals surface area contributed by atoms with Gasteiger partial charge < -0.3 is 13.9 Å². The van der Waals surface area contributed by atoms with Crippen molar-refractivity contribution in [1.82, 2.24) is 0 Å². The second-order valence-corrected chi connectivity index (χ2v) is 6.63. The number of hydrogen-bond acceptors (Lipinski definition) is 4. The molecule has 1 aromatic carbocycles. The molecule has 1 aliphatic rings. The molecule has 0 saturated carbocycles. The number of hydrogen-bond donors (Lipinski definition) is 0. The Balaban J connectivity index is 2.04. The lowest BCUT2D eigenvalue weighted by molar-refractivity contribution is -0.0555. The highest BCUT2D eigenvalue weighted by Gasteiger charge is 2.40. The Labute approximate surface area is 141 Å². The maximum atomic E-state index is 11.6. The standard InChI is InChI=1S/C20H22O4/c1-6-12(2)13(3)22-17-11-15-16(24-20(17,4)5)9-7-14-8-10-18(21)23-19(14)15/h6-10,17H,3,11H2,1-2,4-5H3. The maximum absolute atomic E-state index is 11.6. The average Bonchev–Trinajstić information content (AvgIpc) is 2.54. The topological polar surface area (TPSA) is 48.7 Å². The Morgan fingerprint density at radius 2 is 2.04 bits per heavy atom. The average molecular weight is 326 g/mol. The van der Waals surface area contributed by atoms with Crippen LogP contribution < -0.4 is 10.4 Å². The van der Waals surface area contributed by atoms with Gasteiger partial charge in [0.15, 0.2) is 0 Å². The van der Waals surface area contributed by atoms with Crippen molar-refractivity contribution in [3.05, 3.63) is 64.2 Å². The summed E-state index contributed by atoms with van der Waals surface area (Å²) in [5.74, 6) is 1.36. The van der Waals surface area contributed by atoms with Crippen LogP contribution in [0.2, 0.25) is 0 Å². The van der Waals surface area contributed by atoms with Crippen LogP contribution in [-0.2, 0) is 11.2 Å². The van der Waals surface area contributed by atoms with E-state index in [2.05, 4.69) is 6.58 Å². The predicted molar refractivity (Wildman–Crippen MR) is 94.3 cm³/mol. The van der Waals surface area contributed by atoms with Gasteiger partial charge in [0.2, 0.25) is 0 Å². The molecule has 0 fully saturated rings. The number of benzene rings is 1. The van der Waals surface area contributed by atoms with Crippen LogP contribution in [-0.4, -0.2) is 11.7 Å². The highest BCUT2D eigenvalue weighted by molar-refractivity contribution is 5.82. The lowest BCUT2D eigenvalue weighted by atomic mass is 9.90. The summed E-state index contributed by atoms with van der Waals surface area (Å²) in [6, 6.07) is 7.01. The van der Waals surface area contributed by atoms with E-state index >= 15 is 0 Å². The van der Waals surface area contributed by atoms with Crippen molar-refractivity contribution in [2.24, 2.45) is 0 Å². The lowest BCUT2D eigenvalue weighted by Gasteiger charge is -2.40. The Hall–Kier alpha value is -2.49. The van der Waals surface area contributed by atoms with Crippen molar-refractivity contribution in [2.45, 2.75) is 45.8 Å². The minimum Gasteiger partial charge on any atom is -0.486 e. The van der Waals surface area contributed by atoms with Crippen molar-refractivity contribution in [3.63, 3.8) is 0 Å². The molecule has 2 aromatic rings. The third kappa shape index (κ3) is 2.84. The molecule has 126 valence electrons. The van der Waals surface area contributed by atoms with Gasteiger partial charge in [-0.25, -0.2) is 4.79 Å². The van der Waals surface area contributed by atoms with Crippen molar-refractivity contribution in [2.75, 3.05) is 0 Å². The van der Waals surface area contributed by atoms with E-state index < -0.39 is 5.60 Å². The first-order valence-corrected chi connectivity index (χ1v) is 8.05. The largest absolute Gasteiger partial charge is 0.486 e. The smallest absolute Gasteiger partial charge is 0.336 e. The summed E-state index contributed by atoms with van der Waals surface area (Å²) >= 11 is 0. The van der Waals surface area contributed by atoms with Crippen LogP contribution >= 0.6 is 0 Å². The lowest BCUT2D eigenvalue weighted by Crippen LogP contribution is -2.47. The minimum absolute atomic E-state index is 0.233. The summed E-state index contributed by atoms with van der Waals surface area (Å²) in [6.45, 7) is 11.9. The number of allylic oxidation sites excluding steroid dienone is 2. The summed E-state index contributed by atoms with van der Waals surface area (Å²) < 4.78 is 17.7. The summed E-state index contributed by atoms with van der Waals surface area (Å²) in [5.41, 5.74) is 1.53. The number of fused-ring (bicyclic) bond motifs is 3. The fraction of sp³-hybridized carbons (Fsp3) is 0.350. The molecule has 1 aromatic heterocycles. The zero-order valence-corrected chi connectivity index (χ0v) is 14.5. The van der Waals surface area contributed by atoms with Crippen molar-refractivity contribution >= 4 is 11.0 Å². The molecule has 3 rings (SSSR count).